The van der Waals surface area contributed by atoms with E-state index in [1.807, 2.05) is 25.2 Å². The quantitative estimate of drug-likeness (QED) is 0.526. The van der Waals surface area contributed by atoms with Gasteiger partial charge in [0.1, 0.15) is 0 Å². The minimum absolute atomic E-state index is 0.460. The van der Waals surface area contributed by atoms with Gasteiger partial charge in [0, 0.05) is 30.5 Å². The summed E-state index contributed by atoms with van der Waals surface area (Å²) in [5.74, 6) is 0.629. The fourth-order valence-electron chi connectivity index (χ4n) is 2.17. The first kappa shape index (κ1) is 20.7. The molecule has 3 heterocycles. The SMILES string of the molecule is CNC(C)CCNc1nccc(-c2cnn3ncccc23)n1.CS(=O)(=O)O. The molecule has 0 spiro atoms. The van der Waals surface area contributed by atoms with Crippen LogP contribution in [0.1, 0.15) is 13.3 Å². The first-order valence-corrected chi connectivity index (χ1v) is 10.1. The standard InChI is InChI=1S/C15H19N7.CH4O3S/c1-11(16-2)5-8-17-15-18-9-6-13(21-15)12-10-20-22-14(12)4-3-7-19-22;1-5(2,3)4/h3-4,6-7,9-11,16H,5,8H2,1-2H3,(H,17,18,21);1H3,(H,2,3,4). The van der Waals surface area contributed by atoms with E-state index in [0.29, 0.717) is 18.2 Å². The lowest BCUT2D eigenvalue weighted by atomic mass is 10.2. The summed E-state index contributed by atoms with van der Waals surface area (Å²) in [7, 11) is -1.71. The lowest BCUT2D eigenvalue weighted by Gasteiger charge is -2.10. The van der Waals surface area contributed by atoms with Crippen molar-refractivity contribution in [2.45, 2.75) is 19.4 Å². The van der Waals surface area contributed by atoms with Crippen molar-refractivity contribution in [3.8, 4) is 11.3 Å². The molecule has 10 nitrogen and oxygen atoms in total. The van der Waals surface area contributed by atoms with Crippen molar-refractivity contribution < 1.29 is 13.0 Å². The van der Waals surface area contributed by atoms with Gasteiger partial charge < -0.3 is 10.6 Å². The molecule has 3 aromatic rings. The summed E-state index contributed by atoms with van der Waals surface area (Å²) in [6, 6.07) is 6.20. The molecule has 3 aromatic heterocycles. The second kappa shape index (κ2) is 9.35. The predicted molar refractivity (Wildman–Crippen MR) is 103 cm³/mol. The van der Waals surface area contributed by atoms with Gasteiger partial charge in [-0.05, 0) is 38.6 Å². The van der Waals surface area contributed by atoms with Gasteiger partial charge in [-0.15, -0.1) is 0 Å². The van der Waals surface area contributed by atoms with Crippen LogP contribution in [0.5, 0.6) is 0 Å². The number of anilines is 1. The fraction of sp³-hybridized carbons (Fsp3) is 0.375. The molecule has 27 heavy (non-hydrogen) atoms. The molecule has 0 aliphatic heterocycles. The van der Waals surface area contributed by atoms with E-state index >= 15 is 0 Å². The lowest BCUT2D eigenvalue weighted by Crippen LogP contribution is -2.24. The van der Waals surface area contributed by atoms with Gasteiger partial charge in [0.2, 0.25) is 5.95 Å². The zero-order valence-electron chi connectivity index (χ0n) is 15.4. The summed E-state index contributed by atoms with van der Waals surface area (Å²) in [5.41, 5.74) is 2.71. The van der Waals surface area contributed by atoms with Crippen molar-refractivity contribution >= 4 is 21.6 Å². The van der Waals surface area contributed by atoms with E-state index in [4.69, 9.17) is 4.55 Å². The molecule has 3 N–H and O–H groups in total. The Kier molecular flexibility index (Phi) is 7.16. The summed E-state index contributed by atoms with van der Waals surface area (Å²) in [4.78, 5) is 8.83. The minimum Gasteiger partial charge on any atom is -0.354 e. The largest absolute Gasteiger partial charge is 0.354 e. The van der Waals surface area contributed by atoms with E-state index in [9.17, 15) is 8.42 Å². The number of hydrogen-bond donors (Lipinski definition) is 3. The van der Waals surface area contributed by atoms with Crippen LogP contribution in [-0.4, -0.2) is 63.7 Å². The van der Waals surface area contributed by atoms with E-state index in [1.54, 1.807) is 23.2 Å². The number of aromatic nitrogens is 5. The molecule has 0 bridgehead atoms. The molecule has 0 amide bonds. The third-order valence-corrected chi connectivity index (χ3v) is 3.59. The maximum Gasteiger partial charge on any atom is 0.261 e. The Morgan fingerprint density at radius 3 is 2.70 bits per heavy atom. The number of rotatable bonds is 6. The Morgan fingerprint density at radius 2 is 2.00 bits per heavy atom. The van der Waals surface area contributed by atoms with Crippen LogP contribution in [0, 0.1) is 0 Å². The summed E-state index contributed by atoms with van der Waals surface area (Å²) < 4.78 is 27.5. The normalized spacial score (nSPS) is 12.3. The summed E-state index contributed by atoms with van der Waals surface area (Å²) in [5, 5.41) is 14.9. The van der Waals surface area contributed by atoms with E-state index in [2.05, 4.69) is 37.7 Å². The van der Waals surface area contributed by atoms with E-state index in [0.717, 1.165) is 29.7 Å². The molecule has 146 valence electrons. The van der Waals surface area contributed by atoms with Crippen molar-refractivity contribution in [3.63, 3.8) is 0 Å². The maximum absolute atomic E-state index is 9.19. The van der Waals surface area contributed by atoms with Crippen molar-refractivity contribution in [2.24, 2.45) is 0 Å². The average Bonchev–Trinajstić information content (AvgIpc) is 3.04. The minimum atomic E-state index is -3.67. The summed E-state index contributed by atoms with van der Waals surface area (Å²) >= 11 is 0. The molecule has 0 radical (unpaired) electrons. The molecule has 0 saturated carbocycles. The van der Waals surface area contributed by atoms with Crippen LogP contribution in [0.4, 0.5) is 5.95 Å². The Balaban J connectivity index is 0.000000465. The van der Waals surface area contributed by atoms with Crippen LogP contribution in [0.3, 0.4) is 0 Å². The van der Waals surface area contributed by atoms with Crippen molar-refractivity contribution in [1.82, 2.24) is 30.1 Å². The number of hydrogen-bond acceptors (Lipinski definition) is 8. The summed E-state index contributed by atoms with van der Waals surface area (Å²) in [6.45, 7) is 2.97. The predicted octanol–water partition coefficient (Wildman–Crippen LogP) is 1.10. The maximum atomic E-state index is 9.19. The molecule has 0 fully saturated rings. The highest BCUT2D eigenvalue weighted by Gasteiger charge is 2.09. The Labute approximate surface area is 157 Å². The van der Waals surface area contributed by atoms with E-state index in [-0.39, 0.29) is 0 Å². The fourth-order valence-corrected chi connectivity index (χ4v) is 2.17. The molecule has 11 heteroatoms. The average molecular weight is 393 g/mol. The smallest absolute Gasteiger partial charge is 0.261 e. The number of fused-ring (bicyclic) bond motifs is 1. The second-order valence-corrected chi connectivity index (χ2v) is 7.33. The van der Waals surface area contributed by atoms with Crippen LogP contribution in [0.15, 0.2) is 36.8 Å². The third-order valence-electron chi connectivity index (χ3n) is 3.59. The van der Waals surface area contributed by atoms with Gasteiger partial charge in [-0.1, -0.05) is 0 Å². The molecular weight excluding hydrogens is 370 g/mol. The molecule has 0 saturated heterocycles. The first-order valence-electron chi connectivity index (χ1n) is 8.24. The van der Waals surface area contributed by atoms with Crippen LogP contribution in [0.2, 0.25) is 0 Å². The van der Waals surface area contributed by atoms with Gasteiger partial charge in [-0.3, -0.25) is 4.55 Å². The molecule has 0 aromatic carbocycles. The van der Waals surface area contributed by atoms with Gasteiger partial charge >= 0.3 is 0 Å². The highest BCUT2D eigenvalue weighted by molar-refractivity contribution is 7.85. The summed E-state index contributed by atoms with van der Waals surface area (Å²) in [6.07, 6.45) is 6.96. The van der Waals surface area contributed by atoms with Crippen LogP contribution >= 0.6 is 0 Å². The zero-order valence-corrected chi connectivity index (χ0v) is 16.2. The highest BCUT2D eigenvalue weighted by atomic mass is 32.2. The molecule has 3 rings (SSSR count). The van der Waals surface area contributed by atoms with Gasteiger partial charge in [0.25, 0.3) is 10.1 Å². The second-order valence-electron chi connectivity index (χ2n) is 5.86. The Hall–Kier alpha value is -2.63. The van der Waals surface area contributed by atoms with Gasteiger partial charge in [0.05, 0.1) is 23.7 Å². The number of nitrogens with zero attached hydrogens (tertiary/aromatic N) is 5. The number of nitrogens with one attached hydrogen (secondary N) is 2. The molecule has 1 atom stereocenters. The van der Waals surface area contributed by atoms with Gasteiger partial charge in [0.15, 0.2) is 0 Å². The Bertz CT molecular complexity index is 967. The van der Waals surface area contributed by atoms with Crippen molar-refractivity contribution in [3.05, 3.63) is 36.8 Å². The van der Waals surface area contributed by atoms with Gasteiger partial charge in [-0.25, -0.2) is 9.97 Å². The van der Waals surface area contributed by atoms with Crippen LogP contribution < -0.4 is 10.6 Å². The molecule has 0 aliphatic rings. The van der Waals surface area contributed by atoms with Crippen molar-refractivity contribution in [1.29, 1.82) is 0 Å². The topological polar surface area (TPSA) is 134 Å². The van der Waals surface area contributed by atoms with Crippen LogP contribution in [0.25, 0.3) is 16.8 Å². The molecular formula is C16H23N7O3S. The van der Waals surface area contributed by atoms with E-state index in [1.165, 1.54) is 0 Å². The zero-order chi connectivity index (χ0) is 19.9. The van der Waals surface area contributed by atoms with Crippen molar-refractivity contribution in [2.75, 3.05) is 25.2 Å². The van der Waals surface area contributed by atoms with Gasteiger partial charge in [-0.2, -0.15) is 23.2 Å². The third kappa shape index (κ3) is 6.89. The lowest BCUT2D eigenvalue weighted by molar-refractivity contribution is 0.490. The monoisotopic (exact) mass is 393 g/mol. The molecule has 1 unspecified atom stereocenters. The highest BCUT2D eigenvalue weighted by Crippen LogP contribution is 2.22. The molecule has 0 aliphatic carbocycles. The van der Waals surface area contributed by atoms with Crippen LogP contribution in [-0.2, 0) is 10.1 Å². The Morgan fingerprint density at radius 1 is 1.26 bits per heavy atom. The first-order chi connectivity index (χ1) is 12.8. The van der Waals surface area contributed by atoms with E-state index < -0.39 is 10.1 Å².